The highest BCUT2D eigenvalue weighted by Gasteiger charge is 2.39. The van der Waals surface area contributed by atoms with Crippen LogP contribution in [-0.4, -0.2) is 50.4 Å². The van der Waals surface area contributed by atoms with Crippen molar-refractivity contribution < 1.29 is 8.42 Å². The SMILES string of the molecule is CC[C@@H]1CN(S(N)(=O)=O)C[C@@H]1c1nnc2cnc3[nH]ccc3n12. The Morgan fingerprint density at radius 2 is 2.22 bits per heavy atom. The summed E-state index contributed by atoms with van der Waals surface area (Å²) in [5.74, 6) is 0.863. The number of H-pyrrole nitrogens is 1. The van der Waals surface area contributed by atoms with Crippen molar-refractivity contribution in [2.45, 2.75) is 19.3 Å². The first-order valence-corrected chi connectivity index (χ1v) is 8.94. The van der Waals surface area contributed by atoms with Crippen LogP contribution in [-0.2, 0) is 10.2 Å². The molecule has 0 unspecified atom stereocenters. The van der Waals surface area contributed by atoms with Crippen LogP contribution in [0.2, 0.25) is 0 Å². The van der Waals surface area contributed by atoms with E-state index in [9.17, 15) is 8.42 Å². The molecule has 0 bridgehead atoms. The summed E-state index contributed by atoms with van der Waals surface area (Å²) >= 11 is 0. The summed E-state index contributed by atoms with van der Waals surface area (Å²) in [5, 5.41) is 13.8. The normalized spacial score (nSPS) is 23.2. The van der Waals surface area contributed by atoms with Gasteiger partial charge in [-0.3, -0.25) is 4.40 Å². The first kappa shape index (κ1) is 14.5. The van der Waals surface area contributed by atoms with Crippen molar-refractivity contribution in [3.05, 3.63) is 24.3 Å². The van der Waals surface area contributed by atoms with Crippen LogP contribution in [0.25, 0.3) is 16.8 Å². The van der Waals surface area contributed by atoms with E-state index in [4.69, 9.17) is 5.14 Å². The minimum atomic E-state index is -3.70. The fourth-order valence-electron chi connectivity index (χ4n) is 3.38. The molecule has 1 aliphatic rings. The van der Waals surface area contributed by atoms with Crippen molar-refractivity contribution in [1.29, 1.82) is 0 Å². The molecule has 122 valence electrons. The summed E-state index contributed by atoms with van der Waals surface area (Å²) in [5.41, 5.74) is 2.27. The van der Waals surface area contributed by atoms with Crippen molar-refractivity contribution >= 4 is 27.0 Å². The Bertz CT molecular complexity index is 977. The number of rotatable bonds is 3. The van der Waals surface area contributed by atoms with E-state index >= 15 is 0 Å². The minimum Gasteiger partial charge on any atom is -0.345 e. The highest BCUT2D eigenvalue weighted by Crippen LogP contribution is 2.35. The van der Waals surface area contributed by atoms with Gasteiger partial charge in [0.1, 0.15) is 5.82 Å². The second-order valence-electron chi connectivity index (χ2n) is 5.86. The minimum absolute atomic E-state index is 0.0474. The van der Waals surface area contributed by atoms with Gasteiger partial charge >= 0.3 is 0 Å². The molecule has 0 spiro atoms. The number of hydrogen-bond donors (Lipinski definition) is 2. The zero-order chi connectivity index (χ0) is 16.2. The lowest BCUT2D eigenvalue weighted by molar-refractivity contribution is 0.450. The van der Waals surface area contributed by atoms with Crippen LogP contribution in [0.15, 0.2) is 18.5 Å². The van der Waals surface area contributed by atoms with Gasteiger partial charge in [-0.2, -0.15) is 12.7 Å². The Kier molecular flexibility index (Phi) is 3.15. The summed E-state index contributed by atoms with van der Waals surface area (Å²) in [6, 6.07) is 1.91. The summed E-state index contributed by atoms with van der Waals surface area (Å²) in [6.07, 6.45) is 4.30. The van der Waals surface area contributed by atoms with Crippen molar-refractivity contribution in [2.24, 2.45) is 11.1 Å². The van der Waals surface area contributed by atoms with Gasteiger partial charge in [0.15, 0.2) is 11.3 Å². The third kappa shape index (κ3) is 2.21. The molecule has 9 nitrogen and oxygen atoms in total. The predicted octanol–water partition coefficient (Wildman–Crippen LogP) is 0.235. The molecule has 1 fully saturated rings. The molecule has 0 aromatic carbocycles. The number of fused-ring (bicyclic) bond motifs is 3. The van der Waals surface area contributed by atoms with Gasteiger partial charge < -0.3 is 4.98 Å². The van der Waals surface area contributed by atoms with Gasteiger partial charge in [-0.15, -0.1) is 10.2 Å². The Labute approximate surface area is 132 Å². The van der Waals surface area contributed by atoms with E-state index in [0.29, 0.717) is 18.7 Å². The molecular weight excluding hydrogens is 318 g/mol. The molecule has 0 radical (unpaired) electrons. The average Bonchev–Trinajstić information content (AvgIpc) is 3.21. The monoisotopic (exact) mass is 335 g/mol. The molecule has 10 heteroatoms. The van der Waals surface area contributed by atoms with Crippen molar-refractivity contribution in [3.8, 4) is 0 Å². The summed E-state index contributed by atoms with van der Waals surface area (Å²) in [7, 11) is -3.70. The number of nitrogens with two attached hydrogens (primary N) is 1. The van der Waals surface area contributed by atoms with E-state index in [0.717, 1.165) is 23.4 Å². The largest absolute Gasteiger partial charge is 0.345 e. The fourth-order valence-corrected chi connectivity index (χ4v) is 4.15. The maximum atomic E-state index is 11.7. The zero-order valence-electron chi connectivity index (χ0n) is 12.5. The van der Waals surface area contributed by atoms with Gasteiger partial charge in [0.2, 0.25) is 0 Å². The van der Waals surface area contributed by atoms with Crippen molar-refractivity contribution in [3.63, 3.8) is 0 Å². The number of hydrogen-bond acceptors (Lipinski definition) is 5. The van der Waals surface area contributed by atoms with E-state index in [-0.39, 0.29) is 11.8 Å². The molecule has 1 aliphatic heterocycles. The van der Waals surface area contributed by atoms with Crippen molar-refractivity contribution in [2.75, 3.05) is 13.1 Å². The predicted molar refractivity (Wildman–Crippen MR) is 83.8 cm³/mol. The van der Waals surface area contributed by atoms with Crippen LogP contribution in [0, 0.1) is 5.92 Å². The molecule has 3 aromatic rings. The second-order valence-corrected chi connectivity index (χ2v) is 7.40. The van der Waals surface area contributed by atoms with Crippen LogP contribution in [0.5, 0.6) is 0 Å². The highest BCUT2D eigenvalue weighted by atomic mass is 32.2. The number of aromatic amines is 1. The lowest BCUT2D eigenvalue weighted by Crippen LogP contribution is -2.35. The molecular formula is C13H17N7O2S. The number of nitrogens with zero attached hydrogens (tertiary/aromatic N) is 5. The fraction of sp³-hybridized carbons (Fsp3) is 0.462. The molecule has 0 aliphatic carbocycles. The lowest BCUT2D eigenvalue weighted by atomic mass is 9.93. The van der Waals surface area contributed by atoms with Gasteiger partial charge in [0.25, 0.3) is 10.2 Å². The number of nitrogens with one attached hydrogen (secondary N) is 1. The summed E-state index contributed by atoms with van der Waals surface area (Å²) in [6.45, 7) is 2.78. The Morgan fingerprint density at radius 3 is 2.96 bits per heavy atom. The topological polar surface area (TPSA) is 122 Å². The maximum Gasteiger partial charge on any atom is 0.276 e. The van der Waals surface area contributed by atoms with E-state index in [1.165, 1.54) is 4.31 Å². The first-order chi connectivity index (χ1) is 11.0. The van der Waals surface area contributed by atoms with Gasteiger partial charge in [0, 0.05) is 25.2 Å². The average molecular weight is 335 g/mol. The summed E-state index contributed by atoms with van der Waals surface area (Å²) in [4.78, 5) is 7.36. The van der Waals surface area contributed by atoms with E-state index < -0.39 is 10.2 Å². The standard InChI is InChI=1S/C13H17N7O2S/c1-2-8-6-19(23(14,21)22)7-9(8)13-18-17-11-5-16-12-10(20(11)13)3-4-15-12/h3-5,8-9,15H,2,6-7H2,1H3,(H2,14,21,22)/t8-,9+/m1/s1. The van der Waals surface area contributed by atoms with Crippen LogP contribution in [0.3, 0.4) is 0 Å². The quantitative estimate of drug-likeness (QED) is 0.709. The third-order valence-electron chi connectivity index (χ3n) is 4.59. The van der Waals surface area contributed by atoms with Gasteiger partial charge in [0.05, 0.1) is 11.7 Å². The third-order valence-corrected chi connectivity index (χ3v) is 5.61. The molecule has 4 heterocycles. The lowest BCUT2D eigenvalue weighted by Gasteiger charge is -2.14. The molecule has 4 rings (SSSR count). The summed E-state index contributed by atoms with van der Waals surface area (Å²) < 4.78 is 26.6. The smallest absolute Gasteiger partial charge is 0.276 e. The Hall–Kier alpha value is -2.04. The first-order valence-electron chi connectivity index (χ1n) is 7.44. The Morgan fingerprint density at radius 1 is 1.39 bits per heavy atom. The molecule has 0 saturated carbocycles. The number of aromatic nitrogens is 5. The maximum absolute atomic E-state index is 11.7. The van der Waals surface area contributed by atoms with E-state index in [1.54, 1.807) is 6.20 Å². The van der Waals surface area contributed by atoms with Gasteiger partial charge in [-0.1, -0.05) is 13.3 Å². The van der Waals surface area contributed by atoms with E-state index in [1.807, 2.05) is 23.6 Å². The molecule has 3 aromatic heterocycles. The Balaban J connectivity index is 1.86. The molecule has 23 heavy (non-hydrogen) atoms. The molecule has 3 N–H and O–H groups in total. The van der Waals surface area contributed by atoms with Crippen LogP contribution < -0.4 is 5.14 Å². The van der Waals surface area contributed by atoms with Crippen molar-refractivity contribution in [1.82, 2.24) is 28.9 Å². The van der Waals surface area contributed by atoms with Crippen LogP contribution in [0.1, 0.15) is 25.1 Å². The van der Waals surface area contributed by atoms with E-state index in [2.05, 4.69) is 20.2 Å². The van der Waals surface area contributed by atoms with Crippen LogP contribution in [0.4, 0.5) is 0 Å². The molecule has 0 amide bonds. The zero-order valence-corrected chi connectivity index (χ0v) is 13.4. The molecule has 1 saturated heterocycles. The van der Waals surface area contributed by atoms with Gasteiger partial charge in [-0.05, 0) is 12.0 Å². The second kappa shape index (κ2) is 4.98. The van der Waals surface area contributed by atoms with Crippen LogP contribution >= 0.6 is 0 Å². The highest BCUT2D eigenvalue weighted by molar-refractivity contribution is 7.86. The van der Waals surface area contributed by atoms with Gasteiger partial charge in [-0.25, -0.2) is 10.1 Å². The molecule has 2 atom stereocenters.